The van der Waals surface area contributed by atoms with Crippen LogP contribution < -0.4 is 0 Å². The Bertz CT molecular complexity index is 545. The van der Waals surface area contributed by atoms with E-state index in [2.05, 4.69) is 18.8 Å². The normalized spacial score (nSPS) is 12.9. The quantitative estimate of drug-likeness (QED) is 0.748. The third-order valence-corrected chi connectivity index (χ3v) is 3.30. The molecule has 2 nitrogen and oxygen atoms in total. The molecule has 17 heavy (non-hydrogen) atoms. The molecular formula is C15H17NO. The number of nitrogens with zero attached hydrogens (tertiary/aromatic N) is 1. The Morgan fingerprint density at radius 1 is 1.18 bits per heavy atom. The average molecular weight is 227 g/mol. The Kier molecular flexibility index (Phi) is 3.23. The van der Waals surface area contributed by atoms with Gasteiger partial charge in [-0.25, -0.2) is 0 Å². The number of Topliss-reactive ketones (excluding diaryl/α,β-unsaturated/α-hetero) is 1. The SMILES string of the molecule is CC(C)C(C)C(=O)c1ccc2ncccc2c1. The van der Waals surface area contributed by atoms with Crippen LogP contribution in [0.2, 0.25) is 0 Å². The molecular weight excluding hydrogens is 210 g/mol. The van der Waals surface area contributed by atoms with Gasteiger partial charge >= 0.3 is 0 Å². The van der Waals surface area contributed by atoms with Gasteiger partial charge in [0.2, 0.25) is 0 Å². The molecule has 2 rings (SSSR count). The van der Waals surface area contributed by atoms with Crippen molar-refractivity contribution in [3.8, 4) is 0 Å². The number of hydrogen-bond acceptors (Lipinski definition) is 2. The molecule has 0 aliphatic rings. The molecule has 1 heterocycles. The summed E-state index contributed by atoms with van der Waals surface area (Å²) >= 11 is 0. The molecule has 2 aromatic rings. The minimum absolute atomic E-state index is 0.0594. The predicted molar refractivity (Wildman–Crippen MR) is 70.1 cm³/mol. The Labute approximate surface area is 102 Å². The van der Waals surface area contributed by atoms with Gasteiger partial charge in [0.25, 0.3) is 0 Å². The third-order valence-electron chi connectivity index (χ3n) is 3.30. The third kappa shape index (κ3) is 2.36. The highest BCUT2D eigenvalue weighted by atomic mass is 16.1. The lowest BCUT2D eigenvalue weighted by molar-refractivity contribution is 0.0900. The van der Waals surface area contributed by atoms with E-state index in [0.29, 0.717) is 5.92 Å². The monoisotopic (exact) mass is 227 g/mol. The van der Waals surface area contributed by atoms with E-state index in [9.17, 15) is 4.79 Å². The molecule has 0 saturated heterocycles. The summed E-state index contributed by atoms with van der Waals surface area (Å²) < 4.78 is 0. The molecule has 1 aromatic heterocycles. The second-order valence-electron chi connectivity index (χ2n) is 4.81. The highest BCUT2D eigenvalue weighted by molar-refractivity contribution is 6.00. The molecule has 88 valence electrons. The average Bonchev–Trinajstić information content (AvgIpc) is 2.36. The van der Waals surface area contributed by atoms with E-state index >= 15 is 0 Å². The van der Waals surface area contributed by atoms with Crippen LogP contribution in [0.3, 0.4) is 0 Å². The van der Waals surface area contributed by atoms with Gasteiger partial charge in [-0.3, -0.25) is 9.78 Å². The minimum Gasteiger partial charge on any atom is -0.294 e. The van der Waals surface area contributed by atoms with Crippen molar-refractivity contribution >= 4 is 16.7 Å². The molecule has 1 unspecified atom stereocenters. The first-order chi connectivity index (χ1) is 8.09. The number of benzene rings is 1. The Balaban J connectivity index is 2.40. The smallest absolute Gasteiger partial charge is 0.165 e. The molecule has 0 bridgehead atoms. The number of fused-ring (bicyclic) bond motifs is 1. The fraction of sp³-hybridized carbons (Fsp3) is 0.333. The lowest BCUT2D eigenvalue weighted by Crippen LogP contribution is -2.16. The zero-order valence-electron chi connectivity index (χ0n) is 10.5. The number of hydrogen-bond donors (Lipinski definition) is 0. The summed E-state index contributed by atoms with van der Waals surface area (Å²) in [5.74, 6) is 0.641. The standard InChI is InChI=1S/C15H17NO/c1-10(2)11(3)15(17)13-6-7-14-12(9-13)5-4-8-16-14/h4-11H,1-3H3. The molecule has 0 saturated carbocycles. The largest absolute Gasteiger partial charge is 0.294 e. The summed E-state index contributed by atoms with van der Waals surface area (Å²) in [5.41, 5.74) is 1.72. The Hall–Kier alpha value is -1.70. The van der Waals surface area contributed by atoms with Crippen molar-refractivity contribution in [3.05, 3.63) is 42.1 Å². The molecule has 0 aliphatic heterocycles. The number of pyridine rings is 1. The maximum absolute atomic E-state index is 12.2. The minimum atomic E-state index is 0.0594. The van der Waals surface area contributed by atoms with Gasteiger partial charge in [0, 0.05) is 23.1 Å². The Morgan fingerprint density at radius 2 is 1.94 bits per heavy atom. The molecule has 0 fully saturated rings. The van der Waals surface area contributed by atoms with Crippen molar-refractivity contribution in [1.82, 2.24) is 4.98 Å². The molecule has 0 spiro atoms. The fourth-order valence-electron chi connectivity index (χ4n) is 1.79. The number of aromatic nitrogens is 1. The van der Waals surface area contributed by atoms with E-state index in [4.69, 9.17) is 0 Å². The van der Waals surface area contributed by atoms with Gasteiger partial charge in [0.05, 0.1) is 5.52 Å². The van der Waals surface area contributed by atoms with Crippen LogP contribution >= 0.6 is 0 Å². The number of carbonyl (C=O) groups is 1. The second-order valence-corrected chi connectivity index (χ2v) is 4.81. The lowest BCUT2D eigenvalue weighted by Gasteiger charge is -2.14. The molecule has 2 heteroatoms. The fourth-order valence-corrected chi connectivity index (χ4v) is 1.79. The van der Waals surface area contributed by atoms with Crippen LogP contribution in [0.25, 0.3) is 10.9 Å². The zero-order valence-corrected chi connectivity index (χ0v) is 10.5. The van der Waals surface area contributed by atoms with Crippen LogP contribution in [0.15, 0.2) is 36.5 Å². The van der Waals surface area contributed by atoms with Crippen LogP contribution in [-0.4, -0.2) is 10.8 Å². The summed E-state index contributed by atoms with van der Waals surface area (Å²) in [6, 6.07) is 9.59. The van der Waals surface area contributed by atoms with Gasteiger partial charge in [-0.1, -0.05) is 26.8 Å². The highest BCUT2D eigenvalue weighted by Gasteiger charge is 2.18. The summed E-state index contributed by atoms with van der Waals surface area (Å²) in [4.78, 5) is 16.5. The lowest BCUT2D eigenvalue weighted by atomic mass is 9.89. The first-order valence-corrected chi connectivity index (χ1v) is 5.98. The van der Waals surface area contributed by atoms with Crippen LogP contribution in [0.4, 0.5) is 0 Å². The van der Waals surface area contributed by atoms with Crippen molar-refractivity contribution in [1.29, 1.82) is 0 Å². The molecule has 1 aromatic carbocycles. The highest BCUT2D eigenvalue weighted by Crippen LogP contribution is 2.20. The molecule has 0 radical (unpaired) electrons. The van der Waals surface area contributed by atoms with E-state index in [1.807, 2.05) is 37.3 Å². The van der Waals surface area contributed by atoms with Gasteiger partial charge in [0.15, 0.2) is 5.78 Å². The van der Waals surface area contributed by atoms with E-state index in [-0.39, 0.29) is 11.7 Å². The van der Waals surface area contributed by atoms with Crippen LogP contribution in [0, 0.1) is 11.8 Å². The molecule has 1 atom stereocenters. The predicted octanol–water partition coefficient (Wildman–Crippen LogP) is 3.71. The van der Waals surface area contributed by atoms with E-state index in [0.717, 1.165) is 16.5 Å². The van der Waals surface area contributed by atoms with Gasteiger partial charge in [-0.2, -0.15) is 0 Å². The topological polar surface area (TPSA) is 30.0 Å². The first-order valence-electron chi connectivity index (χ1n) is 5.98. The maximum Gasteiger partial charge on any atom is 0.165 e. The van der Waals surface area contributed by atoms with Crippen molar-refractivity contribution in [2.24, 2.45) is 11.8 Å². The van der Waals surface area contributed by atoms with Crippen molar-refractivity contribution in [2.45, 2.75) is 20.8 Å². The van der Waals surface area contributed by atoms with Crippen LogP contribution in [-0.2, 0) is 0 Å². The van der Waals surface area contributed by atoms with Gasteiger partial charge in [-0.05, 0) is 30.2 Å². The summed E-state index contributed by atoms with van der Waals surface area (Å²) in [7, 11) is 0. The van der Waals surface area contributed by atoms with Crippen LogP contribution in [0.1, 0.15) is 31.1 Å². The Morgan fingerprint density at radius 3 is 2.65 bits per heavy atom. The van der Waals surface area contributed by atoms with Gasteiger partial charge in [0.1, 0.15) is 0 Å². The maximum atomic E-state index is 12.2. The molecule has 0 amide bonds. The second kappa shape index (κ2) is 4.66. The molecule has 0 aliphatic carbocycles. The van der Waals surface area contributed by atoms with Gasteiger partial charge < -0.3 is 0 Å². The zero-order chi connectivity index (χ0) is 12.4. The first kappa shape index (κ1) is 11.8. The van der Waals surface area contributed by atoms with E-state index in [1.54, 1.807) is 6.20 Å². The number of ketones is 1. The van der Waals surface area contributed by atoms with Crippen molar-refractivity contribution < 1.29 is 4.79 Å². The summed E-state index contributed by atoms with van der Waals surface area (Å²) in [5, 5.41) is 1.02. The van der Waals surface area contributed by atoms with Gasteiger partial charge in [-0.15, -0.1) is 0 Å². The summed E-state index contributed by atoms with van der Waals surface area (Å²) in [6.07, 6.45) is 1.76. The number of carbonyl (C=O) groups excluding carboxylic acids is 1. The summed E-state index contributed by atoms with van der Waals surface area (Å²) in [6.45, 7) is 6.14. The number of rotatable bonds is 3. The van der Waals surface area contributed by atoms with E-state index < -0.39 is 0 Å². The molecule has 0 N–H and O–H groups in total. The van der Waals surface area contributed by atoms with E-state index in [1.165, 1.54) is 0 Å². The van der Waals surface area contributed by atoms with Crippen LogP contribution in [0.5, 0.6) is 0 Å². The van der Waals surface area contributed by atoms with Crippen molar-refractivity contribution in [3.63, 3.8) is 0 Å². The van der Waals surface area contributed by atoms with Crippen molar-refractivity contribution in [2.75, 3.05) is 0 Å².